The molecule has 2 aromatic heterocycles. The summed E-state index contributed by atoms with van der Waals surface area (Å²) in [6.07, 6.45) is 5.47. The van der Waals surface area contributed by atoms with Gasteiger partial charge in [-0.15, -0.1) is 0 Å². The van der Waals surface area contributed by atoms with Crippen molar-refractivity contribution in [1.29, 1.82) is 0 Å². The number of anilines is 3. The number of hydrogen-bond acceptors (Lipinski definition) is 5. The summed E-state index contributed by atoms with van der Waals surface area (Å²) >= 11 is 0. The molecular formula is C23H24FN5O. The topological polar surface area (TPSA) is 70.2 Å². The van der Waals surface area contributed by atoms with Gasteiger partial charge in [0.15, 0.2) is 0 Å². The molecule has 1 aromatic carbocycles. The van der Waals surface area contributed by atoms with Crippen LogP contribution >= 0.6 is 0 Å². The first-order valence-corrected chi connectivity index (χ1v) is 10.1. The van der Waals surface area contributed by atoms with Crippen molar-refractivity contribution in [2.75, 3.05) is 30.3 Å². The van der Waals surface area contributed by atoms with E-state index in [2.05, 4.69) is 37.6 Å². The number of benzene rings is 1. The molecule has 3 heterocycles. The van der Waals surface area contributed by atoms with Crippen LogP contribution in [0.25, 0.3) is 0 Å². The van der Waals surface area contributed by atoms with Crippen molar-refractivity contribution in [3.05, 3.63) is 78.4 Å². The average molecular weight is 405 g/mol. The molecule has 1 fully saturated rings. The van der Waals surface area contributed by atoms with E-state index in [1.807, 2.05) is 24.4 Å². The molecule has 0 spiro atoms. The SMILES string of the molecule is O=C(CN1CCC(c2ccnc(Nc3ccccn3)c2)CC1)Nc1ccccc1F. The molecule has 0 saturated carbocycles. The van der Waals surface area contributed by atoms with E-state index >= 15 is 0 Å². The van der Waals surface area contributed by atoms with Crippen LogP contribution in [0.4, 0.5) is 21.7 Å². The molecule has 4 rings (SSSR count). The molecule has 1 aliphatic rings. The zero-order chi connectivity index (χ0) is 20.8. The normalized spacial score (nSPS) is 15.0. The molecule has 0 unspecified atom stereocenters. The van der Waals surface area contributed by atoms with Gasteiger partial charge in [-0.3, -0.25) is 9.69 Å². The van der Waals surface area contributed by atoms with Gasteiger partial charge in [0.25, 0.3) is 0 Å². The van der Waals surface area contributed by atoms with Crippen LogP contribution in [-0.4, -0.2) is 40.4 Å². The lowest BCUT2D eigenvalue weighted by Crippen LogP contribution is -2.38. The summed E-state index contributed by atoms with van der Waals surface area (Å²) in [4.78, 5) is 23.0. The van der Waals surface area contributed by atoms with Gasteiger partial charge in [-0.25, -0.2) is 14.4 Å². The quantitative estimate of drug-likeness (QED) is 0.644. The number of para-hydroxylation sites is 1. The summed E-state index contributed by atoms with van der Waals surface area (Å²) in [5, 5.41) is 5.88. The summed E-state index contributed by atoms with van der Waals surface area (Å²) in [7, 11) is 0. The van der Waals surface area contributed by atoms with Crippen molar-refractivity contribution in [3.8, 4) is 0 Å². The highest BCUT2D eigenvalue weighted by atomic mass is 19.1. The number of amides is 1. The zero-order valence-corrected chi connectivity index (χ0v) is 16.6. The third kappa shape index (κ3) is 5.18. The second kappa shape index (κ2) is 9.45. The van der Waals surface area contributed by atoms with Crippen LogP contribution in [0, 0.1) is 5.82 Å². The highest BCUT2D eigenvalue weighted by Gasteiger charge is 2.22. The lowest BCUT2D eigenvalue weighted by Gasteiger charge is -2.31. The van der Waals surface area contributed by atoms with Crippen molar-refractivity contribution in [2.24, 2.45) is 0 Å². The average Bonchev–Trinajstić information content (AvgIpc) is 2.77. The molecule has 1 aliphatic heterocycles. The fourth-order valence-electron chi connectivity index (χ4n) is 3.72. The zero-order valence-electron chi connectivity index (χ0n) is 16.6. The standard InChI is InChI=1S/C23H24FN5O/c24-19-5-1-2-6-20(19)27-23(30)16-29-13-9-17(10-14-29)18-8-12-26-22(15-18)28-21-7-3-4-11-25-21/h1-8,11-12,15,17H,9-10,13-14,16H2,(H,27,30)(H,25,26,28). The van der Waals surface area contributed by atoms with Crippen LogP contribution < -0.4 is 10.6 Å². The summed E-state index contributed by atoms with van der Waals surface area (Å²) in [6, 6.07) is 16.0. The van der Waals surface area contributed by atoms with E-state index in [9.17, 15) is 9.18 Å². The van der Waals surface area contributed by atoms with E-state index in [4.69, 9.17) is 0 Å². The van der Waals surface area contributed by atoms with Crippen molar-refractivity contribution >= 4 is 23.2 Å². The maximum absolute atomic E-state index is 13.7. The number of carbonyl (C=O) groups excluding carboxylic acids is 1. The third-order valence-corrected chi connectivity index (χ3v) is 5.28. The van der Waals surface area contributed by atoms with E-state index < -0.39 is 5.82 Å². The first kappa shape index (κ1) is 20.0. The van der Waals surface area contributed by atoms with Gasteiger partial charge in [-0.1, -0.05) is 18.2 Å². The second-order valence-corrected chi connectivity index (χ2v) is 7.39. The smallest absolute Gasteiger partial charge is 0.238 e. The second-order valence-electron chi connectivity index (χ2n) is 7.39. The van der Waals surface area contributed by atoms with Gasteiger partial charge in [-0.2, -0.15) is 0 Å². The van der Waals surface area contributed by atoms with E-state index in [0.717, 1.165) is 37.6 Å². The monoisotopic (exact) mass is 405 g/mol. The molecule has 0 atom stereocenters. The molecule has 2 N–H and O–H groups in total. The minimum Gasteiger partial charge on any atom is -0.325 e. The Kier molecular flexibility index (Phi) is 6.29. The third-order valence-electron chi connectivity index (χ3n) is 5.28. The van der Waals surface area contributed by atoms with Gasteiger partial charge in [0, 0.05) is 12.4 Å². The molecule has 3 aromatic rings. The number of aromatic nitrogens is 2. The van der Waals surface area contributed by atoms with Crippen molar-refractivity contribution < 1.29 is 9.18 Å². The lowest BCUT2D eigenvalue weighted by atomic mass is 9.90. The van der Waals surface area contributed by atoms with E-state index in [-0.39, 0.29) is 18.1 Å². The van der Waals surface area contributed by atoms with E-state index in [1.165, 1.54) is 11.6 Å². The fraction of sp³-hybridized carbons (Fsp3) is 0.261. The summed E-state index contributed by atoms with van der Waals surface area (Å²) < 4.78 is 13.7. The van der Waals surface area contributed by atoms with Crippen LogP contribution in [0.5, 0.6) is 0 Å². The predicted octanol–water partition coefficient (Wildman–Crippen LogP) is 4.18. The number of nitrogens with zero attached hydrogens (tertiary/aromatic N) is 3. The maximum atomic E-state index is 13.7. The number of pyridine rings is 2. The minimum atomic E-state index is -0.419. The van der Waals surface area contributed by atoms with Crippen LogP contribution in [0.2, 0.25) is 0 Å². The molecule has 6 nitrogen and oxygen atoms in total. The molecule has 0 aliphatic carbocycles. The summed E-state index contributed by atoms with van der Waals surface area (Å²) in [6.45, 7) is 1.91. The highest BCUT2D eigenvalue weighted by Crippen LogP contribution is 2.29. The number of rotatable bonds is 6. The molecular weight excluding hydrogens is 381 g/mol. The van der Waals surface area contributed by atoms with Gasteiger partial charge < -0.3 is 10.6 Å². The Morgan fingerprint density at radius 3 is 2.53 bits per heavy atom. The lowest BCUT2D eigenvalue weighted by molar-refractivity contribution is -0.117. The number of hydrogen-bond donors (Lipinski definition) is 2. The molecule has 7 heteroatoms. The number of likely N-dealkylation sites (tertiary alicyclic amines) is 1. The Bertz CT molecular complexity index is 990. The molecule has 0 radical (unpaired) electrons. The Morgan fingerprint density at radius 1 is 1.00 bits per heavy atom. The number of halogens is 1. The number of piperidine rings is 1. The Labute approximate surface area is 175 Å². The number of nitrogens with one attached hydrogen (secondary N) is 2. The Balaban J connectivity index is 1.30. The van der Waals surface area contributed by atoms with E-state index in [1.54, 1.807) is 24.4 Å². The summed E-state index contributed by atoms with van der Waals surface area (Å²) in [5.74, 6) is 1.35. The number of carbonyl (C=O) groups is 1. The minimum absolute atomic E-state index is 0.190. The van der Waals surface area contributed by atoms with Crippen molar-refractivity contribution in [3.63, 3.8) is 0 Å². The maximum Gasteiger partial charge on any atom is 0.238 e. The first-order valence-electron chi connectivity index (χ1n) is 10.1. The fourth-order valence-corrected chi connectivity index (χ4v) is 3.72. The van der Waals surface area contributed by atoms with Gasteiger partial charge in [0.2, 0.25) is 5.91 Å². The molecule has 154 valence electrons. The molecule has 0 bridgehead atoms. The molecule has 1 amide bonds. The summed E-state index contributed by atoms with van der Waals surface area (Å²) in [5.41, 5.74) is 1.46. The molecule has 1 saturated heterocycles. The Hall–Kier alpha value is -3.32. The van der Waals surface area contributed by atoms with Gasteiger partial charge in [0.05, 0.1) is 12.2 Å². The van der Waals surface area contributed by atoms with Crippen LogP contribution in [-0.2, 0) is 4.79 Å². The van der Waals surface area contributed by atoms with Crippen LogP contribution in [0.1, 0.15) is 24.3 Å². The Morgan fingerprint density at radius 2 is 1.77 bits per heavy atom. The van der Waals surface area contributed by atoms with E-state index in [0.29, 0.717) is 5.92 Å². The predicted molar refractivity (Wildman–Crippen MR) is 115 cm³/mol. The van der Waals surface area contributed by atoms with Gasteiger partial charge in [-0.05, 0) is 73.8 Å². The van der Waals surface area contributed by atoms with Crippen LogP contribution in [0.3, 0.4) is 0 Å². The van der Waals surface area contributed by atoms with Crippen molar-refractivity contribution in [2.45, 2.75) is 18.8 Å². The highest BCUT2D eigenvalue weighted by molar-refractivity contribution is 5.92. The van der Waals surface area contributed by atoms with Crippen molar-refractivity contribution in [1.82, 2.24) is 14.9 Å². The first-order chi connectivity index (χ1) is 14.7. The van der Waals surface area contributed by atoms with Gasteiger partial charge >= 0.3 is 0 Å². The van der Waals surface area contributed by atoms with Gasteiger partial charge in [0.1, 0.15) is 17.5 Å². The molecule has 30 heavy (non-hydrogen) atoms. The largest absolute Gasteiger partial charge is 0.325 e. The van der Waals surface area contributed by atoms with Crippen LogP contribution in [0.15, 0.2) is 67.0 Å².